The van der Waals surface area contributed by atoms with Gasteiger partial charge in [0.05, 0.1) is 18.7 Å². The van der Waals surface area contributed by atoms with Crippen LogP contribution in [0.5, 0.6) is 0 Å². The molecule has 0 radical (unpaired) electrons. The summed E-state index contributed by atoms with van der Waals surface area (Å²) in [5, 5.41) is 2.93. The number of aryl methyl sites for hydroxylation is 1. The zero-order valence-corrected chi connectivity index (χ0v) is 22.1. The summed E-state index contributed by atoms with van der Waals surface area (Å²) in [6.07, 6.45) is 2.54. The molecule has 0 saturated carbocycles. The second kappa shape index (κ2) is 12.3. The van der Waals surface area contributed by atoms with Gasteiger partial charge in [-0.15, -0.1) is 0 Å². The van der Waals surface area contributed by atoms with Crippen LogP contribution in [0.25, 0.3) is 0 Å². The van der Waals surface area contributed by atoms with E-state index in [-0.39, 0.29) is 37.3 Å². The maximum atomic E-state index is 13.4. The van der Waals surface area contributed by atoms with E-state index >= 15 is 0 Å². The lowest BCUT2D eigenvalue weighted by Gasteiger charge is -2.34. The van der Waals surface area contributed by atoms with Gasteiger partial charge in [-0.25, -0.2) is 4.79 Å². The molecule has 0 spiro atoms. The number of pyridine rings is 1. The molecule has 1 unspecified atom stereocenters. The van der Waals surface area contributed by atoms with E-state index in [9.17, 15) is 14.4 Å². The van der Waals surface area contributed by atoms with Crippen molar-refractivity contribution >= 4 is 17.8 Å². The molecule has 3 aromatic rings. The second-order valence-electron chi connectivity index (χ2n) is 9.40. The van der Waals surface area contributed by atoms with Gasteiger partial charge in [0.25, 0.3) is 5.91 Å². The molecule has 196 valence electrons. The zero-order chi connectivity index (χ0) is 27.1. The third-order valence-electron chi connectivity index (χ3n) is 6.69. The number of carbonyl (C=O) groups excluding carboxylic acids is 3. The highest BCUT2D eigenvalue weighted by molar-refractivity contribution is 5.96. The average Bonchev–Trinajstić information content (AvgIpc) is 2.91. The van der Waals surface area contributed by atoms with Gasteiger partial charge in [-0.2, -0.15) is 0 Å². The fourth-order valence-electron chi connectivity index (χ4n) is 4.79. The molecule has 0 saturated heterocycles. The highest BCUT2D eigenvalue weighted by Crippen LogP contribution is 2.38. The topological polar surface area (TPSA) is 88.6 Å². The Morgan fingerprint density at radius 2 is 1.87 bits per heavy atom. The van der Waals surface area contributed by atoms with E-state index < -0.39 is 5.97 Å². The molecule has 1 N–H and O–H groups in total. The van der Waals surface area contributed by atoms with Crippen molar-refractivity contribution in [2.24, 2.45) is 0 Å². The van der Waals surface area contributed by atoms with E-state index in [2.05, 4.69) is 10.3 Å². The van der Waals surface area contributed by atoms with Crippen LogP contribution in [-0.4, -0.2) is 40.8 Å². The van der Waals surface area contributed by atoms with Crippen molar-refractivity contribution in [2.45, 2.75) is 46.1 Å². The SMILES string of the molecule is CCOC(=O)C1=C(C)N(Cc2cccc(C(=O)NCCc3ccccn3)c2)C(=O)CC1c1cccc(C)c1. The Balaban J connectivity index is 1.53. The fourth-order valence-corrected chi connectivity index (χ4v) is 4.79. The Hall–Kier alpha value is -4.26. The van der Waals surface area contributed by atoms with Crippen LogP contribution >= 0.6 is 0 Å². The van der Waals surface area contributed by atoms with Crippen LogP contribution in [0.15, 0.2) is 84.2 Å². The number of carbonyl (C=O) groups is 3. The first-order valence-electron chi connectivity index (χ1n) is 12.9. The molecular formula is C31H33N3O4. The Morgan fingerprint density at radius 1 is 1.05 bits per heavy atom. The van der Waals surface area contributed by atoms with Crippen LogP contribution in [0.3, 0.4) is 0 Å². The van der Waals surface area contributed by atoms with E-state index in [0.29, 0.717) is 29.8 Å². The van der Waals surface area contributed by atoms with E-state index in [0.717, 1.165) is 22.4 Å². The minimum atomic E-state index is -0.407. The first-order valence-corrected chi connectivity index (χ1v) is 12.9. The molecule has 1 atom stereocenters. The third kappa shape index (κ3) is 6.35. The molecular weight excluding hydrogens is 478 g/mol. The van der Waals surface area contributed by atoms with Gasteiger partial charge in [-0.05, 0) is 56.2 Å². The molecule has 2 aromatic carbocycles. The van der Waals surface area contributed by atoms with Gasteiger partial charge in [0.2, 0.25) is 5.91 Å². The summed E-state index contributed by atoms with van der Waals surface area (Å²) >= 11 is 0. The molecule has 7 heteroatoms. The fraction of sp³-hybridized carbons (Fsp3) is 0.290. The largest absolute Gasteiger partial charge is 0.463 e. The van der Waals surface area contributed by atoms with Crippen LogP contribution in [-0.2, 0) is 27.3 Å². The number of hydrogen-bond acceptors (Lipinski definition) is 5. The van der Waals surface area contributed by atoms with Crippen molar-refractivity contribution in [3.05, 3.63) is 112 Å². The molecule has 0 fully saturated rings. The summed E-state index contributed by atoms with van der Waals surface area (Å²) in [5.41, 5.74) is 5.29. The van der Waals surface area contributed by atoms with Gasteiger partial charge in [-0.3, -0.25) is 14.6 Å². The normalized spacial score (nSPS) is 15.4. The molecule has 1 aliphatic heterocycles. The van der Waals surface area contributed by atoms with E-state index in [4.69, 9.17) is 4.74 Å². The Bertz CT molecular complexity index is 1350. The van der Waals surface area contributed by atoms with Crippen molar-refractivity contribution in [2.75, 3.05) is 13.2 Å². The molecule has 38 heavy (non-hydrogen) atoms. The number of nitrogens with one attached hydrogen (secondary N) is 1. The highest BCUT2D eigenvalue weighted by Gasteiger charge is 2.37. The number of ether oxygens (including phenoxy) is 1. The van der Waals surface area contributed by atoms with Crippen molar-refractivity contribution in [1.29, 1.82) is 0 Å². The molecule has 0 aliphatic carbocycles. The number of nitrogens with zero attached hydrogens (tertiary/aromatic N) is 2. The predicted octanol–water partition coefficient (Wildman–Crippen LogP) is 4.72. The van der Waals surface area contributed by atoms with Crippen LogP contribution in [0.2, 0.25) is 0 Å². The quantitative estimate of drug-likeness (QED) is 0.420. The van der Waals surface area contributed by atoms with Gasteiger partial charge in [0, 0.05) is 48.5 Å². The van der Waals surface area contributed by atoms with Gasteiger partial charge < -0.3 is 15.0 Å². The lowest BCUT2D eigenvalue weighted by atomic mass is 9.83. The van der Waals surface area contributed by atoms with Crippen LogP contribution < -0.4 is 5.32 Å². The minimum absolute atomic E-state index is 0.0766. The highest BCUT2D eigenvalue weighted by atomic mass is 16.5. The number of allylic oxidation sites excluding steroid dienone is 1. The number of rotatable bonds is 9. The lowest BCUT2D eigenvalue weighted by molar-refractivity contribution is -0.140. The van der Waals surface area contributed by atoms with Crippen molar-refractivity contribution in [3.8, 4) is 0 Å². The summed E-state index contributed by atoms with van der Waals surface area (Å²) in [7, 11) is 0. The van der Waals surface area contributed by atoms with E-state index in [1.54, 1.807) is 43.1 Å². The first kappa shape index (κ1) is 26.8. The second-order valence-corrected chi connectivity index (χ2v) is 9.40. The smallest absolute Gasteiger partial charge is 0.336 e. The minimum Gasteiger partial charge on any atom is -0.463 e. The molecule has 0 bridgehead atoms. The molecule has 1 aromatic heterocycles. The summed E-state index contributed by atoms with van der Waals surface area (Å²) in [6, 6.07) is 20.8. The summed E-state index contributed by atoms with van der Waals surface area (Å²) in [6.45, 7) is 6.53. The van der Waals surface area contributed by atoms with E-state index in [1.807, 2.05) is 55.5 Å². The zero-order valence-electron chi connectivity index (χ0n) is 22.1. The van der Waals surface area contributed by atoms with Gasteiger partial charge in [-0.1, -0.05) is 48.0 Å². The number of esters is 1. The number of aromatic nitrogens is 1. The van der Waals surface area contributed by atoms with Crippen LogP contribution in [0, 0.1) is 6.92 Å². The number of hydrogen-bond donors (Lipinski definition) is 1. The lowest BCUT2D eigenvalue weighted by Crippen LogP contribution is -2.38. The molecule has 1 aliphatic rings. The van der Waals surface area contributed by atoms with Gasteiger partial charge >= 0.3 is 5.97 Å². The Morgan fingerprint density at radius 3 is 2.61 bits per heavy atom. The predicted molar refractivity (Wildman–Crippen MR) is 145 cm³/mol. The summed E-state index contributed by atoms with van der Waals surface area (Å²) in [5.74, 6) is -1.04. The monoisotopic (exact) mass is 511 g/mol. The maximum absolute atomic E-state index is 13.4. The average molecular weight is 512 g/mol. The van der Waals surface area contributed by atoms with E-state index in [1.165, 1.54) is 0 Å². The molecule has 7 nitrogen and oxygen atoms in total. The first-order chi connectivity index (χ1) is 18.4. The maximum Gasteiger partial charge on any atom is 0.336 e. The van der Waals surface area contributed by atoms with Crippen LogP contribution in [0.4, 0.5) is 0 Å². The van der Waals surface area contributed by atoms with Gasteiger partial charge in [0.15, 0.2) is 0 Å². The van der Waals surface area contributed by atoms with Crippen LogP contribution in [0.1, 0.15) is 58.9 Å². The summed E-state index contributed by atoms with van der Waals surface area (Å²) < 4.78 is 5.40. The third-order valence-corrected chi connectivity index (χ3v) is 6.69. The molecule has 4 rings (SSSR count). The van der Waals surface area contributed by atoms with Crippen molar-refractivity contribution in [3.63, 3.8) is 0 Å². The molecule has 2 amide bonds. The number of amides is 2. The Labute approximate surface area is 223 Å². The summed E-state index contributed by atoms with van der Waals surface area (Å²) in [4.78, 5) is 45.1. The van der Waals surface area contributed by atoms with Crippen molar-refractivity contribution < 1.29 is 19.1 Å². The number of benzene rings is 2. The van der Waals surface area contributed by atoms with Gasteiger partial charge in [0.1, 0.15) is 0 Å². The standard InChI is InChI=1S/C31H33N3O4/c1-4-38-31(37)29-22(3)34(28(35)19-27(29)24-11-7-9-21(2)17-24)20-23-10-8-12-25(18-23)30(36)33-16-14-26-13-5-6-15-32-26/h5-13,15,17-18,27H,4,14,16,19-20H2,1-3H3,(H,33,36). The Kier molecular flexibility index (Phi) is 8.69. The van der Waals surface area contributed by atoms with Crippen molar-refractivity contribution in [1.82, 2.24) is 15.2 Å². The molecule has 2 heterocycles.